The molecule has 11 heteroatoms. The van der Waals surface area contributed by atoms with Crippen molar-refractivity contribution in [3.63, 3.8) is 0 Å². The summed E-state index contributed by atoms with van der Waals surface area (Å²) in [7, 11) is 0. The molecular formula is C20H22N2O8S. The van der Waals surface area contributed by atoms with E-state index in [4.69, 9.17) is 9.47 Å². The number of thioether (sulfide) groups is 1. The van der Waals surface area contributed by atoms with Crippen molar-refractivity contribution in [2.75, 3.05) is 12.4 Å². The molecule has 31 heavy (non-hydrogen) atoms. The van der Waals surface area contributed by atoms with Crippen LogP contribution in [0.1, 0.15) is 25.8 Å². The third-order valence-electron chi connectivity index (χ3n) is 5.07. The molecule has 3 rings (SSSR count). The minimum absolute atomic E-state index is 0.0175. The Morgan fingerprint density at radius 1 is 1.32 bits per heavy atom. The lowest BCUT2D eigenvalue weighted by Gasteiger charge is -2.44. The predicted octanol–water partition coefficient (Wildman–Crippen LogP) is 1.76. The number of amides is 1. The normalized spacial score (nSPS) is 20.7. The fourth-order valence-corrected chi connectivity index (χ4v) is 4.61. The van der Waals surface area contributed by atoms with Gasteiger partial charge in [-0.3, -0.25) is 19.7 Å². The van der Waals surface area contributed by atoms with Crippen molar-refractivity contribution in [1.82, 2.24) is 4.90 Å². The second-order valence-electron chi connectivity index (χ2n) is 7.11. The van der Waals surface area contributed by atoms with E-state index >= 15 is 0 Å². The molecule has 10 nitrogen and oxygen atoms in total. The molecule has 1 aromatic rings. The first-order valence-electron chi connectivity index (χ1n) is 9.67. The average molecular weight is 450 g/mol. The first-order chi connectivity index (χ1) is 14.7. The number of nitro groups is 1. The topological polar surface area (TPSA) is 136 Å². The van der Waals surface area contributed by atoms with Gasteiger partial charge in [0.25, 0.3) is 5.69 Å². The van der Waals surface area contributed by atoms with Crippen LogP contribution < -0.4 is 0 Å². The number of ether oxygens (including phenoxy) is 2. The predicted molar refractivity (Wildman–Crippen MR) is 109 cm³/mol. The number of hydrogen-bond acceptors (Lipinski definition) is 9. The summed E-state index contributed by atoms with van der Waals surface area (Å²) in [5.74, 6) is -2.17. The number of rotatable bonds is 9. The van der Waals surface area contributed by atoms with E-state index in [2.05, 4.69) is 0 Å². The van der Waals surface area contributed by atoms with E-state index in [0.717, 1.165) is 11.8 Å². The molecular weight excluding hydrogens is 428 g/mol. The van der Waals surface area contributed by atoms with Gasteiger partial charge in [-0.1, -0.05) is 0 Å². The Morgan fingerprint density at radius 2 is 2.00 bits per heavy atom. The van der Waals surface area contributed by atoms with Crippen LogP contribution in [0.25, 0.3) is 0 Å². The van der Waals surface area contributed by atoms with E-state index in [1.165, 1.54) is 36.1 Å². The van der Waals surface area contributed by atoms with Crippen molar-refractivity contribution in [2.24, 2.45) is 5.92 Å². The van der Waals surface area contributed by atoms with Crippen molar-refractivity contribution >= 4 is 35.3 Å². The number of aliphatic hydroxyl groups excluding tert-OH is 1. The molecule has 0 spiro atoms. The van der Waals surface area contributed by atoms with E-state index in [-0.39, 0.29) is 42.3 Å². The zero-order valence-electron chi connectivity index (χ0n) is 17.0. The number of carbonyl (C=O) groups is 3. The molecule has 0 saturated carbocycles. The van der Waals surface area contributed by atoms with Crippen molar-refractivity contribution in [1.29, 1.82) is 0 Å². The highest BCUT2D eigenvalue weighted by Gasteiger charge is 2.57. The monoisotopic (exact) mass is 450 g/mol. The first kappa shape index (κ1) is 22.8. The number of non-ortho nitro benzene ring substituents is 1. The second-order valence-corrected chi connectivity index (χ2v) is 8.18. The molecule has 1 aromatic carbocycles. The van der Waals surface area contributed by atoms with E-state index in [0.29, 0.717) is 16.9 Å². The Bertz CT molecular complexity index is 928. The van der Waals surface area contributed by atoms with Crippen LogP contribution in [0.15, 0.2) is 34.9 Å². The van der Waals surface area contributed by atoms with E-state index in [1.54, 1.807) is 6.92 Å². The molecule has 0 radical (unpaired) electrons. The summed E-state index contributed by atoms with van der Waals surface area (Å²) in [6, 6.07) is 5.21. The molecule has 166 valence electrons. The largest absolute Gasteiger partial charge is 0.465 e. The number of carbonyl (C=O) groups excluding carboxylic acids is 3. The number of aliphatic hydroxyl groups is 1. The Morgan fingerprint density at radius 3 is 2.58 bits per heavy atom. The van der Waals surface area contributed by atoms with Crippen LogP contribution in [0, 0.1) is 16.0 Å². The Labute approximate surface area is 182 Å². The zero-order valence-corrected chi connectivity index (χ0v) is 17.8. The van der Waals surface area contributed by atoms with Crippen LogP contribution in [0.3, 0.4) is 0 Å². The van der Waals surface area contributed by atoms with Gasteiger partial charge in [-0.05, 0) is 31.5 Å². The van der Waals surface area contributed by atoms with E-state index in [9.17, 15) is 29.6 Å². The summed E-state index contributed by atoms with van der Waals surface area (Å²) >= 11 is 1.11. The number of hydrogen-bond donors (Lipinski definition) is 1. The maximum atomic E-state index is 12.8. The Kier molecular flexibility index (Phi) is 6.96. The summed E-state index contributed by atoms with van der Waals surface area (Å²) < 4.78 is 10.3. The van der Waals surface area contributed by atoms with Crippen LogP contribution in [0.2, 0.25) is 0 Å². The molecule has 2 aliphatic heterocycles. The van der Waals surface area contributed by atoms with Crippen molar-refractivity contribution in [3.8, 4) is 0 Å². The number of nitro benzene ring substituents is 1. The summed E-state index contributed by atoms with van der Waals surface area (Å²) in [4.78, 5) is 49.1. The van der Waals surface area contributed by atoms with Crippen LogP contribution in [-0.4, -0.2) is 57.3 Å². The minimum atomic E-state index is -0.861. The first-order valence-corrected chi connectivity index (χ1v) is 10.7. The smallest absolute Gasteiger partial charge is 0.356 e. The summed E-state index contributed by atoms with van der Waals surface area (Å²) in [5.41, 5.74) is 0.541. The molecule has 2 heterocycles. The second kappa shape index (κ2) is 9.48. The number of benzene rings is 1. The van der Waals surface area contributed by atoms with E-state index in [1.807, 2.05) is 0 Å². The lowest BCUT2D eigenvalue weighted by molar-refractivity contribution is -0.384. The molecule has 0 bridgehead atoms. The molecule has 0 aliphatic carbocycles. The van der Waals surface area contributed by atoms with Crippen LogP contribution in [0.4, 0.5) is 5.69 Å². The lowest BCUT2D eigenvalue weighted by Crippen LogP contribution is -2.61. The van der Waals surface area contributed by atoms with Crippen LogP contribution in [-0.2, 0) is 30.5 Å². The molecule has 1 amide bonds. The highest BCUT2D eigenvalue weighted by atomic mass is 32.2. The summed E-state index contributed by atoms with van der Waals surface area (Å²) in [6.45, 7) is 3.31. The maximum Gasteiger partial charge on any atom is 0.356 e. The third-order valence-corrected chi connectivity index (χ3v) is 6.16. The van der Waals surface area contributed by atoms with E-state index < -0.39 is 28.9 Å². The highest BCUT2D eigenvalue weighted by molar-refractivity contribution is 8.03. The van der Waals surface area contributed by atoms with Gasteiger partial charge in [0.2, 0.25) is 5.91 Å². The van der Waals surface area contributed by atoms with Crippen molar-refractivity contribution in [3.05, 3.63) is 50.5 Å². The van der Waals surface area contributed by atoms with Gasteiger partial charge in [-0.25, -0.2) is 4.79 Å². The molecule has 1 fully saturated rings. The Balaban J connectivity index is 1.73. The number of fused-ring (bicyclic) bond motifs is 1. The molecule has 0 aromatic heterocycles. The van der Waals surface area contributed by atoms with Gasteiger partial charge in [0.05, 0.1) is 35.3 Å². The molecule has 2 aliphatic rings. The average Bonchev–Trinajstić information content (AvgIpc) is 3.04. The maximum absolute atomic E-state index is 12.8. The molecule has 3 atom stereocenters. The number of nitrogens with zero attached hydrogens (tertiary/aromatic N) is 2. The zero-order chi connectivity index (χ0) is 22.7. The van der Waals surface area contributed by atoms with Gasteiger partial charge in [0, 0.05) is 23.5 Å². The van der Waals surface area contributed by atoms with Gasteiger partial charge in [0.1, 0.15) is 12.3 Å². The van der Waals surface area contributed by atoms with Gasteiger partial charge in [-0.2, -0.15) is 0 Å². The van der Waals surface area contributed by atoms with Crippen LogP contribution in [0.5, 0.6) is 0 Å². The fraction of sp³-hybridized carbons (Fsp3) is 0.450. The van der Waals surface area contributed by atoms with Gasteiger partial charge < -0.3 is 19.5 Å². The summed E-state index contributed by atoms with van der Waals surface area (Å²) in [6.07, 6.45) is -0.520. The minimum Gasteiger partial charge on any atom is -0.465 e. The quantitative estimate of drug-likeness (QED) is 0.258. The third kappa shape index (κ3) is 4.72. The van der Waals surface area contributed by atoms with Crippen molar-refractivity contribution < 1.29 is 33.9 Å². The SMILES string of the molecule is CCOC(=O)CSC1=C(C(=O)OCc2ccc([N+](=O)[O-])cc2)N2C(=O)[C@H](C(C)O)[C@H]2C1. The fourth-order valence-electron chi connectivity index (χ4n) is 3.63. The Hall–Kier alpha value is -2.92. The lowest BCUT2D eigenvalue weighted by atomic mass is 9.83. The number of β-lactam (4-membered cyclic amide) rings is 1. The van der Waals surface area contributed by atoms with Crippen LogP contribution >= 0.6 is 11.8 Å². The molecule has 1 saturated heterocycles. The molecule has 1 N–H and O–H groups in total. The van der Waals surface area contributed by atoms with Crippen molar-refractivity contribution in [2.45, 2.75) is 39.0 Å². The highest BCUT2D eigenvalue weighted by Crippen LogP contribution is 2.47. The molecule has 1 unspecified atom stereocenters. The van der Waals surface area contributed by atoms with Gasteiger partial charge >= 0.3 is 11.9 Å². The number of esters is 2. The van der Waals surface area contributed by atoms with Gasteiger partial charge in [-0.15, -0.1) is 11.8 Å². The summed E-state index contributed by atoms with van der Waals surface area (Å²) in [5, 5.41) is 20.6. The standard InChI is InChI=1S/C20H22N2O8S/c1-3-29-16(24)10-31-15-8-14-17(11(2)23)19(25)21(14)18(15)20(26)30-9-12-4-6-13(7-5-12)22(27)28/h4-7,11,14,17,23H,3,8-10H2,1-2H3/t11?,14-,17-/m1/s1. The van der Waals surface area contributed by atoms with Gasteiger partial charge in [0.15, 0.2) is 0 Å².